The predicted octanol–water partition coefficient (Wildman–Crippen LogP) is 4.72. The van der Waals surface area contributed by atoms with Crippen LogP contribution in [0.25, 0.3) is 0 Å². The second-order valence-electron chi connectivity index (χ2n) is 8.88. The number of aliphatic hydroxyl groups is 1. The molecule has 1 fully saturated rings. The van der Waals surface area contributed by atoms with Crippen molar-refractivity contribution in [2.45, 2.75) is 44.9 Å². The topological polar surface area (TPSA) is 59.8 Å². The summed E-state index contributed by atoms with van der Waals surface area (Å²) in [6, 6.07) is 15.8. The fourth-order valence-corrected chi connectivity index (χ4v) is 4.41. The summed E-state index contributed by atoms with van der Waals surface area (Å²) in [5.41, 5.74) is 1.35. The molecule has 1 aromatic heterocycles. The van der Waals surface area contributed by atoms with Gasteiger partial charge in [0.15, 0.2) is 0 Å². The lowest BCUT2D eigenvalue weighted by atomic mass is 9.93. The van der Waals surface area contributed by atoms with E-state index in [1.165, 1.54) is 5.56 Å². The molecule has 33 heavy (non-hydrogen) atoms. The van der Waals surface area contributed by atoms with Gasteiger partial charge in [0, 0.05) is 38.4 Å². The number of nitrogens with zero attached hydrogens (tertiary/aromatic N) is 3. The minimum absolute atomic E-state index is 0.228. The van der Waals surface area contributed by atoms with Crippen molar-refractivity contribution >= 4 is 11.6 Å². The molecule has 6 nitrogen and oxygen atoms in total. The number of halogens is 1. The third-order valence-corrected chi connectivity index (χ3v) is 6.19. The van der Waals surface area contributed by atoms with Gasteiger partial charge in [-0.15, -0.1) is 0 Å². The molecule has 7 heteroatoms. The number of benzene rings is 2. The molecule has 1 N–H and O–H groups in total. The Balaban J connectivity index is 1.27. The summed E-state index contributed by atoms with van der Waals surface area (Å²) in [7, 11) is 0. The number of ether oxygens (including phenoxy) is 2. The Hall–Kier alpha value is -2.54. The van der Waals surface area contributed by atoms with Crippen LogP contribution in [0.1, 0.15) is 30.4 Å². The maximum Gasteiger partial charge on any atom is 0.138 e. The second-order valence-corrected chi connectivity index (χ2v) is 9.29. The number of β-amino-alcohol motifs (C(OH)–C–C–N with tert-alkyl or cyclic N) is 1. The predicted molar refractivity (Wildman–Crippen MR) is 130 cm³/mol. The average Bonchev–Trinajstić information content (AvgIpc) is 3.31. The first-order valence-corrected chi connectivity index (χ1v) is 11.9. The molecule has 1 aliphatic rings. The quantitative estimate of drug-likeness (QED) is 0.435. The Morgan fingerprint density at radius 3 is 2.91 bits per heavy atom. The van der Waals surface area contributed by atoms with Crippen LogP contribution in [0.5, 0.6) is 11.5 Å². The SMILES string of the molecule is Cc1ccc(Cl)c(OC[C@]2(O)CCCN(Cc3cccc(OCCCn4cccn4)c3)C2)c1. The van der Waals surface area contributed by atoms with E-state index < -0.39 is 5.60 Å². The Kier molecular flexibility index (Phi) is 7.91. The van der Waals surface area contributed by atoms with Crippen molar-refractivity contribution in [3.05, 3.63) is 77.1 Å². The zero-order valence-corrected chi connectivity index (χ0v) is 19.9. The molecule has 1 saturated heterocycles. The molecule has 0 spiro atoms. The lowest BCUT2D eigenvalue weighted by molar-refractivity contribution is -0.0621. The standard InChI is InChI=1S/C26H32ClN3O3/c1-21-8-9-24(27)25(16-21)33-20-26(31)10-3-12-29(19-26)18-22-6-2-7-23(17-22)32-15-5-14-30-13-4-11-28-30/h2,4,6-9,11,13,16-17,31H,3,5,10,12,14-15,18-20H2,1H3/t26-/m0/s1. The van der Waals surface area contributed by atoms with Crippen molar-refractivity contribution in [2.75, 3.05) is 26.3 Å². The molecule has 2 aromatic carbocycles. The van der Waals surface area contributed by atoms with Gasteiger partial charge < -0.3 is 14.6 Å². The number of aryl methyl sites for hydroxylation is 2. The van der Waals surface area contributed by atoms with Crippen molar-refractivity contribution in [2.24, 2.45) is 0 Å². The highest BCUT2D eigenvalue weighted by Crippen LogP contribution is 2.29. The molecule has 4 rings (SSSR count). The Morgan fingerprint density at radius 2 is 2.06 bits per heavy atom. The monoisotopic (exact) mass is 469 g/mol. The van der Waals surface area contributed by atoms with E-state index in [4.69, 9.17) is 21.1 Å². The summed E-state index contributed by atoms with van der Waals surface area (Å²) in [5.74, 6) is 1.50. The third kappa shape index (κ3) is 6.97. The van der Waals surface area contributed by atoms with Gasteiger partial charge in [-0.3, -0.25) is 9.58 Å². The third-order valence-electron chi connectivity index (χ3n) is 5.88. The van der Waals surface area contributed by atoms with Gasteiger partial charge >= 0.3 is 0 Å². The molecular formula is C26H32ClN3O3. The Bertz CT molecular complexity index is 1030. The van der Waals surface area contributed by atoms with Gasteiger partial charge in [-0.25, -0.2) is 0 Å². The lowest BCUT2D eigenvalue weighted by Gasteiger charge is -2.39. The summed E-state index contributed by atoms with van der Waals surface area (Å²) in [4.78, 5) is 2.28. The van der Waals surface area contributed by atoms with Crippen LogP contribution >= 0.6 is 11.6 Å². The molecule has 0 amide bonds. The summed E-state index contributed by atoms with van der Waals surface area (Å²) in [6.45, 7) is 5.98. The smallest absolute Gasteiger partial charge is 0.138 e. The molecule has 0 saturated carbocycles. The van der Waals surface area contributed by atoms with Gasteiger partial charge in [-0.05, 0) is 67.8 Å². The van der Waals surface area contributed by atoms with Crippen LogP contribution in [0.15, 0.2) is 60.9 Å². The zero-order valence-electron chi connectivity index (χ0n) is 19.1. The van der Waals surface area contributed by atoms with Gasteiger partial charge in [0.05, 0.1) is 11.6 Å². The molecule has 0 bridgehead atoms. The molecule has 0 unspecified atom stereocenters. The summed E-state index contributed by atoms with van der Waals surface area (Å²) < 4.78 is 13.8. The van der Waals surface area contributed by atoms with E-state index in [0.29, 0.717) is 30.3 Å². The van der Waals surface area contributed by atoms with E-state index in [1.807, 2.05) is 54.2 Å². The van der Waals surface area contributed by atoms with E-state index in [0.717, 1.165) is 43.8 Å². The number of piperidine rings is 1. The van der Waals surface area contributed by atoms with Crippen LogP contribution in [0, 0.1) is 6.92 Å². The van der Waals surface area contributed by atoms with Crippen LogP contribution in [0.2, 0.25) is 5.02 Å². The van der Waals surface area contributed by atoms with Crippen LogP contribution in [0.4, 0.5) is 0 Å². The van der Waals surface area contributed by atoms with E-state index in [1.54, 1.807) is 6.20 Å². The van der Waals surface area contributed by atoms with Crippen LogP contribution in [-0.2, 0) is 13.1 Å². The summed E-state index contributed by atoms with van der Waals surface area (Å²) >= 11 is 6.25. The molecule has 0 aliphatic carbocycles. The molecule has 176 valence electrons. The minimum atomic E-state index is -0.897. The van der Waals surface area contributed by atoms with Gasteiger partial charge in [0.25, 0.3) is 0 Å². The van der Waals surface area contributed by atoms with Crippen molar-refractivity contribution in [1.29, 1.82) is 0 Å². The highest BCUT2D eigenvalue weighted by atomic mass is 35.5. The molecule has 2 heterocycles. The minimum Gasteiger partial charge on any atom is -0.494 e. The van der Waals surface area contributed by atoms with Crippen molar-refractivity contribution in [3.8, 4) is 11.5 Å². The molecule has 1 atom stereocenters. The zero-order chi connectivity index (χ0) is 23.1. The molecule has 1 aliphatic heterocycles. The highest BCUT2D eigenvalue weighted by molar-refractivity contribution is 6.32. The fraction of sp³-hybridized carbons (Fsp3) is 0.423. The Morgan fingerprint density at radius 1 is 1.15 bits per heavy atom. The number of likely N-dealkylation sites (tertiary alicyclic amines) is 1. The van der Waals surface area contributed by atoms with E-state index >= 15 is 0 Å². The number of rotatable bonds is 10. The summed E-state index contributed by atoms with van der Waals surface area (Å²) in [5, 5.41) is 16.0. The normalized spacial score (nSPS) is 18.9. The molecule has 3 aromatic rings. The van der Waals surface area contributed by atoms with Crippen LogP contribution in [-0.4, -0.2) is 51.7 Å². The highest BCUT2D eigenvalue weighted by Gasteiger charge is 2.34. The second kappa shape index (κ2) is 11.1. The number of hydrogen-bond acceptors (Lipinski definition) is 5. The summed E-state index contributed by atoms with van der Waals surface area (Å²) in [6.07, 6.45) is 6.28. The van der Waals surface area contributed by atoms with Gasteiger partial charge in [0.2, 0.25) is 0 Å². The number of aromatic nitrogens is 2. The largest absolute Gasteiger partial charge is 0.494 e. The Labute approximate surface area is 200 Å². The van der Waals surface area contributed by atoms with E-state index in [9.17, 15) is 5.11 Å². The van der Waals surface area contributed by atoms with Crippen LogP contribution in [0.3, 0.4) is 0 Å². The number of hydrogen-bond donors (Lipinski definition) is 1. The maximum atomic E-state index is 11.2. The first-order valence-electron chi connectivity index (χ1n) is 11.5. The molecular weight excluding hydrogens is 438 g/mol. The van der Waals surface area contributed by atoms with Gasteiger partial charge in [-0.1, -0.05) is 29.8 Å². The van der Waals surface area contributed by atoms with Crippen molar-refractivity contribution in [1.82, 2.24) is 14.7 Å². The van der Waals surface area contributed by atoms with E-state index in [2.05, 4.69) is 22.1 Å². The van der Waals surface area contributed by atoms with Crippen LogP contribution < -0.4 is 9.47 Å². The van der Waals surface area contributed by atoms with Gasteiger partial charge in [0.1, 0.15) is 23.7 Å². The molecule has 0 radical (unpaired) electrons. The fourth-order valence-electron chi connectivity index (χ4n) is 4.23. The van der Waals surface area contributed by atoms with Crippen molar-refractivity contribution in [3.63, 3.8) is 0 Å². The first kappa shape index (κ1) is 23.6. The van der Waals surface area contributed by atoms with Gasteiger partial charge in [-0.2, -0.15) is 5.10 Å². The van der Waals surface area contributed by atoms with Crippen molar-refractivity contribution < 1.29 is 14.6 Å². The first-order chi connectivity index (χ1) is 16.0. The average molecular weight is 470 g/mol. The lowest BCUT2D eigenvalue weighted by Crippen LogP contribution is -2.51. The van der Waals surface area contributed by atoms with E-state index in [-0.39, 0.29) is 6.61 Å². The maximum absolute atomic E-state index is 11.2.